The van der Waals surface area contributed by atoms with E-state index in [1.54, 1.807) is 26.7 Å². The number of methoxy groups -OCH3 is 2. The van der Waals surface area contributed by atoms with Crippen LogP contribution in [0, 0.1) is 11.3 Å². The van der Waals surface area contributed by atoms with Crippen LogP contribution in [0.5, 0.6) is 11.5 Å². The molecule has 5 rings (SSSR count). The number of imidazole rings is 1. The number of hydrogen-bond acceptors (Lipinski definition) is 7. The monoisotopic (exact) mass is 568 g/mol. The standard InChI is InChI=1S/C19H22N2O3.C11H15O4P/c1-12(2)19(22,18-10-20-11-21-18)15-6-5-13-8-16(23-3)17(24-4)9-14(13)7-15;1-11(2)8-14-16(12,13)15-10(11)9-6-4-3-5-7-9/h5-12,22H,1-4H3,(H,20,21);3-7,10H,8H2,1-2H3,(H,12,13)/t19-;10-/m01/s1. The van der Waals surface area contributed by atoms with E-state index in [9.17, 15) is 14.6 Å². The summed E-state index contributed by atoms with van der Waals surface area (Å²) in [5.74, 6) is 1.32. The van der Waals surface area contributed by atoms with Gasteiger partial charge >= 0.3 is 7.82 Å². The van der Waals surface area contributed by atoms with E-state index in [2.05, 4.69) is 9.97 Å². The molecule has 0 bridgehead atoms. The van der Waals surface area contributed by atoms with Crippen LogP contribution in [0.2, 0.25) is 0 Å². The third kappa shape index (κ3) is 6.09. The largest absolute Gasteiger partial charge is 0.493 e. The molecule has 0 saturated carbocycles. The smallest absolute Gasteiger partial charge is 0.472 e. The number of nitrogens with zero attached hydrogens (tertiary/aromatic N) is 1. The van der Waals surface area contributed by atoms with E-state index >= 15 is 0 Å². The number of rotatable bonds is 6. The van der Waals surface area contributed by atoms with Crippen molar-refractivity contribution in [2.24, 2.45) is 11.3 Å². The molecule has 2 heterocycles. The van der Waals surface area contributed by atoms with Gasteiger partial charge in [0, 0.05) is 5.41 Å². The molecule has 0 radical (unpaired) electrons. The Morgan fingerprint density at radius 3 is 2.27 bits per heavy atom. The number of H-pyrrole nitrogens is 1. The first kappa shape index (κ1) is 29.8. The SMILES string of the molecule is CC1(C)COP(=O)(O)O[C@@H]1c1ccccc1.COc1cc2ccc([C@](O)(c3cnc[nH]3)C(C)C)cc2cc1OC. The maximum Gasteiger partial charge on any atom is 0.472 e. The Kier molecular flexibility index (Phi) is 8.73. The minimum absolute atomic E-state index is 0.0319. The van der Waals surface area contributed by atoms with Gasteiger partial charge in [-0.25, -0.2) is 9.55 Å². The highest BCUT2D eigenvalue weighted by Crippen LogP contribution is 2.58. The fraction of sp³-hybridized carbons (Fsp3) is 0.367. The molecule has 214 valence electrons. The first-order valence-electron chi connectivity index (χ1n) is 13.0. The van der Waals surface area contributed by atoms with E-state index < -0.39 is 19.5 Å². The van der Waals surface area contributed by atoms with Crippen molar-refractivity contribution >= 4 is 18.6 Å². The molecule has 3 N–H and O–H groups in total. The molecule has 0 aliphatic carbocycles. The Hall–Kier alpha value is -3.20. The second-order valence-corrected chi connectivity index (χ2v) is 12.2. The molecule has 40 heavy (non-hydrogen) atoms. The first-order chi connectivity index (χ1) is 18.9. The fourth-order valence-corrected chi connectivity index (χ4v) is 6.08. The Morgan fingerprint density at radius 1 is 1.05 bits per heavy atom. The van der Waals surface area contributed by atoms with E-state index in [4.69, 9.17) is 18.5 Å². The lowest BCUT2D eigenvalue weighted by Crippen LogP contribution is -2.33. The third-order valence-corrected chi connectivity index (χ3v) is 8.11. The summed E-state index contributed by atoms with van der Waals surface area (Å²) in [7, 11) is -0.656. The molecule has 0 amide bonds. The van der Waals surface area contributed by atoms with E-state index in [1.165, 1.54) is 0 Å². The molecular formula is C30H37N2O7P. The highest BCUT2D eigenvalue weighted by molar-refractivity contribution is 7.47. The average molecular weight is 569 g/mol. The third-order valence-electron chi connectivity index (χ3n) is 7.18. The average Bonchev–Trinajstić information content (AvgIpc) is 3.49. The molecule has 1 saturated heterocycles. The Bertz CT molecular complexity index is 1470. The van der Waals surface area contributed by atoms with Crippen LogP contribution in [0.3, 0.4) is 0 Å². The number of hydrogen-bond donors (Lipinski definition) is 3. The van der Waals surface area contributed by atoms with Crippen molar-refractivity contribution < 1.29 is 33.1 Å². The number of aromatic amines is 1. The van der Waals surface area contributed by atoms with Gasteiger partial charge in [0.05, 0.1) is 39.0 Å². The van der Waals surface area contributed by atoms with Gasteiger partial charge in [0.2, 0.25) is 0 Å². The quantitative estimate of drug-likeness (QED) is 0.229. The van der Waals surface area contributed by atoms with Crippen molar-refractivity contribution in [2.45, 2.75) is 39.4 Å². The van der Waals surface area contributed by atoms with Crippen molar-refractivity contribution in [1.29, 1.82) is 0 Å². The number of nitrogens with one attached hydrogen (secondary N) is 1. The van der Waals surface area contributed by atoms with Gasteiger partial charge in [0.15, 0.2) is 11.5 Å². The van der Waals surface area contributed by atoms with Crippen LogP contribution >= 0.6 is 7.82 Å². The molecule has 1 aliphatic heterocycles. The van der Waals surface area contributed by atoms with Crippen LogP contribution < -0.4 is 9.47 Å². The molecule has 3 atom stereocenters. The predicted octanol–water partition coefficient (Wildman–Crippen LogP) is 6.37. The van der Waals surface area contributed by atoms with Crippen LogP contribution in [0.25, 0.3) is 10.8 Å². The van der Waals surface area contributed by atoms with Crippen molar-refractivity contribution in [3.05, 3.63) is 90.0 Å². The number of aliphatic hydroxyl groups is 1. The summed E-state index contributed by atoms with van der Waals surface area (Å²) in [6, 6.07) is 19.2. The van der Waals surface area contributed by atoms with Crippen molar-refractivity contribution in [3.63, 3.8) is 0 Å². The van der Waals surface area contributed by atoms with Gasteiger partial charge in [-0.3, -0.25) is 9.05 Å². The predicted molar refractivity (Wildman–Crippen MR) is 153 cm³/mol. The minimum Gasteiger partial charge on any atom is -0.493 e. The van der Waals surface area contributed by atoms with Gasteiger partial charge in [0.25, 0.3) is 0 Å². The zero-order valence-electron chi connectivity index (χ0n) is 23.6. The number of aromatic nitrogens is 2. The van der Waals surface area contributed by atoms with Gasteiger partial charge in [0.1, 0.15) is 11.7 Å². The summed E-state index contributed by atoms with van der Waals surface area (Å²) in [6.07, 6.45) is 2.83. The normalized spacial score (nSPS) is 21.8. The zero-order valence-corrected chi connectivity index (χ0v) is 24.5. The molecule has 3 aromatic carbocycles. The zero-order chi connectivity index (χ0) is 29.1. The molecule has 10 heteroatoms. The highest BCUT2D eigenvalue weighted by Gasteiger charge is 2.44. The highest BCUT2D eigenvalue weighted by atomic mass is 31.2. The summed E-state index contributed by atoms with van der Waals surface area (Å²) < 4.78 is 32.1. The lowest BCUT2D eigenvalue weighted by molar-refractivity contribution is -0.0472. The molecule has 1 unspecified atom stereocenters. The fourth-order valence-electron chi connectivity index (χ4n) is 4.85. The second-order valence-electron chi connectivity index (χ2n) is 10.8. The topological polar surface area (TPSA) is 123 Å². The Morgan fingerprint density at radius 2 is 1.70 bits per heavy atom. The van der Waals surface area contributed by atoms with Crippen LogP contribution in [0.4, 0.5) is 0 Å². The number of phosphoric ester groups is 1. The summed E-state index contributed by atoms with van der Waals surface area (Å²) in [6.45, 7) is 8.08. The molecule has 1 aromatic heterocycles. The number of benzene rings is 3. The molecule has 4 aromatic rings. The number of phosphoric acid groups is 1. The van der Waals surface area contributed by atoms with Crippen LogP contribution in [-0.2, 0) is 19.2 Å². The molecular weight excluding hydrogens is 531 g/mol. The molecule has 1 aliphatic rings. The second kappa shape index (κ2) is 11.7. The van der Waals surface area contributed by atoms with Gasteiger partial charge in [-0.05, 0) is 46.0 Å². The summed E-state index contributed by atoms with van der Waals surface area (Å²) in [5, 5.41) is 13.4. The number of fused-ring (bicyclic) bond motifs is 1. The van der Waals surface area contributed by atoms with Crippen molar-refractivity contribution in [1.82, 2.24) is 9.97 Å². The van der Waals surface area contributed by atoms with Crippen molar-refractivity contribution in [3.8, 4) is 11.5 Å². The summed E-state index contributed by atoms with van der Waals surface area (Å²) in [4.78, 5) is 16.4. The maximum atomic E-state index is 11.4. The molecule has 0 spiro atoms. The van der Waals surface area contributed by atoms with Crippen LogP contribution in [-0.4, -0.2) is 40.8 Å². The lowest BCUT2D eigenvalue weighted by atomic mass is 9.80. The molecule has 9 nitrogen and oxygen atoms in total. The number of ether oxygens (including phenoxy) is 2. The van der Waals surface area contributed by atoms with E-state index in [-0.39, 0.29) is 17.9 Å². The van der Waals surface area contributed by atoms with Gasteiger partial charge in [-0.1, -0.05) is 70.2 Å². The van der Waals surface area contributed by atoms with Gasteiger partial charge in [-0.15, -0.1) is 0 Å². The first-order valence-corrected chi connectivity index (χ1v) is 14.5. The maximum absolute atomic E-state index is 11.4. The van der Waals surface area contributed by atoms with E-state index in [1.807, 2.05) is 88.4 Å². The lowest BCUT2D eigenvalue weighted by Gasteiger charge is -2.39. The summed E-state index contributed by atoms with van der Waals surface area (Å²) in [5.41, 5.74) is 0.916. The van der Waals surface area contributed by atoms with Gasteiger partial charge in [-0.2, -0.15) is 0 Å². The van der Waals surface area contributed by atoms with Gasteiger partial charge < -0.3 is 24.5 Å². The minimum atomic E-state index is -3.89. The Balaban J connectivity index is 0.000000201. The Labute approximate surface area is 234 Å². The summed E-state index contributed by atoms with van der Waals surface area (Å²) >= 11 is 0. The van der Waals surface area contributed by atoms with E-state index in [0.29, 0.717) is 17.2 Å². The molecule has 1 fully saturated rings. The van der Waals surface area contributed by atoms with Crippen LogP contribution in [0.15, 0.2) is 73.2 Å². The van der Waals surface area contributed by atoms with E-state index in [0.717, 1.165) is 21.9 Å². The van der Waals surface area contributed by atoms with Crippen LogP contribution in [0.1, 0.15) is 50.6 Å². The van der Waals surface area contributed by atoms with Crippen molar-refractivity contribution in [2.75, 3.05) is 20.8 Å².